The fourth-order valence-electron chi connectivity index (χ4n) is 5.03. The van der Waals surface area contributed by atoms with Crippen LogP contribution in [0.1, 0.15) is 61.3 Å². The Morgan fingerprint density at radius 3 is 2.75 bits per heavy atom. The number of halogens is 1. The largest absolute Gasteiger partial charge is 0.484 e. The van der Waals surface area contributed by atoms with Gasteiger partial charge in [-0.05, 0) is 67.3 Å². The average Bonchev–Trinajstić information content (AvgIpc) is 2.93. The first-order chi connectivity index (χ1) is 13.7. The summed E-state index contributed by atoms with van der Waals surface area (Å²) < 4.78 is 6.58. The number of aryl methyl sites for hydroxylation is 1. The quantitative estimate of drug-likeness (QED) is 0.669. The Hall–Kier alpha value is -2.02. The Morgan fingerprint density at radius 2 is 1.89 bits per heavy atom. The van der Waals surface area contributed by atoms with E-state index in [-0.39, 0.29) is 12.1 Å². The molecule has 4 heteroatoms. The fourth-order valence-corrected chi connectivity index (χ4v) is 5.21. The predicted molar refractivity (Wildman–Crippen MR) is 112 cm³/mol. The van der Waals surface area contributed by atoms with Crippen LogP contribution in [0.4, 0.5) is 0 Å². The van der Waals surface area contributed by atoms with Gasteiger partial charge in [0.05, 0.1) is 5.56 Å². The Morgan fingerprint density at radius 1 is 1.07 bits per heavy atom. The summed E-state index contributed by atoms with van der Waals surface area (Å²) in [5.41, 5.74) is 9.50. The van der Waals surface area contributed by atoms with E-state index in [4.69, 9.17) is 22.1 Å². The molecule has 0 heterocycles. The highest BCUT2D eigenvalue weighted by Crippen LogP contribution is 2.45. The highest BCUT2D eigenvalue weighted by Gasteiger charge is 2.37. The smallest absolute Gasteiger partial charge is 0.138 e. The zero-order chi connectivity index (χ0) is 19.5. The molecule has 1 fully saturated rings. The van der Waals surface area contributed by atoms with Crippen molar-refractivity contribution >= 4 is 11.6 Å². The van der Waals surface area contributed by atoms with Crippen LogP contribution < -0.4 is 10.5 Å². The Bertz CT molecular complexity index is 875. The van der Waals surface area contributed by atoms with Crippen LogP contribution in [0.3, 0.4) is 0 Å². The average molecular weight is 395 g/mol. The summed E-state index contributed by atoms with van der Waals surface area (Å²) in [5, 5.41) is 10.1. The molecule has 146 valence electrons. The molecule has 0 aliphatic heterocycles. The number of fused-ring (bicyclic) bond motifs is 1. The molecular weight excluding hydrogens is 368 g/mol. The van der Waals surface area contributed by atoms with Gasteiger partial charge in [-0.25, -0.2) is 0 Å². The standard InChI is InChI=1S/C24H27ClN2O/c25-19-10-12-23(18(13-19)15-26)28-24-21-8-4-2-5-16(21)9-11-22(24)17-6-1-3-7-20(27)14-17/h2,4-5,8,10,12-13,17,20,22,24H,1,3,6-7,9,11,14,27H2/t17?,20-,22+,24-/m0/s1. The minimum absolute atomic E-state index is 0.0477. The molecule has 28 heavy (non-hydrogen) atoms. The van der Waals surface area contributed by atoms with E-state index in [0.29, 0.717) is 28.2 Å². The molecule has 0 aromatic heterocycles. The summed E-state index contributed by atoms with van der Waals surface area (Å²) in [6.07, 6.45) is 8.02. The van der Waals surface area contributed by atoms with Crippen LogP contribution >= 0.6 is 11.6 Å². The maximum Gasteiger partial charge on any atom is 0.138 e. The van der Waals surface area contributed by atoms with Gasteiger partial charge in [-0.1, -0.05) is 48.7 Å². The minimum Gasteiger partial charge on any atom is -0.484 e. The van der Waals surface area contributed by atoms with Gasteiger partial charge >= 0.3 is 0 Å². The van der Waals surface area contributed by atoms with Gasteiger partial charge in [-0.15, -0.1) is 0 Å². The molecule has 2 N–H and O–H groups in total. The summed E-state index contributed by atoms with van der Waals surface area (Å²) >= 11 is 6.08. The van der Waals surface area contributed by atoms with Crippen molar-refractivity contribution in [1.82, 2.24) is 0 Å². The highest BCUT2D eigenvalue weighted by atomic mass is 35.5. The van der Waals surface area contributed by atoms with Gasteiger partial charge in [0.2, 0.25) is 0 Å². The normalized spacial score (nSPS) is 27.3. The van der Waals surface area contributed by atoms with E-state index in [1.54, 1.807) is 12.1 Å². The number of nitriles is 1. The van der Waals surface area contributed by atoms with Gasteiger partial charge in [0.1, 0.15) is 17.9 Å². The van der Waals surface area contributed by atoms with Crippen molar-refractivity contribution in [2.24, 2.45) is 17.6 Å². The molecule has 0 bridgehead atoms. The first-order valence-corrected chi connectivity index (χ1v) is 10.7. The molecule has 0 spiro atoms. The van der Waals surface area contributed by atoms with E-state index in [1.807, 2.05) is 6.07 Å². The lowest BCUT2D eigenvalue weighted by atomic mass is 9.72. The molecule has 2 aliphatic rings. The maximum atomic E-state index is 9.55. The number of benzene rings is 2. The number of rotatable bonds is 3. The van der Waals surface area contributed by atoms with Crippen molar-refractivity contribution in [3.05, 3.63) is 64.2 Å². The van der Waals surface area contributed by atoms with Gasteiger partial charge in [-0.3, -0.25) is 0 Å². The first-order valence-electron chi connectivity index (χ1n) is 10.4. The van der Waals surface area contributed by atoms with E-state index in [2.05, 4.69) is 30.3 Å². The van der Waals surface area contributed by atoms with E-state index >= 15 is 0 Å². The topological polar surface area (TPSA) is 59.0 Å². The Labute approximate surface area is 172 Å². The van der Waals surface area contributed by atoms with Crippen LogP contribution in [0, 0.1) is 23.2 Å². The van der Waals surface area contributed by atoms with Crippen molar-refractivity contribution in [1.29, 1.82) is 5.26 Å². The SMILES string of the molecule is N#Cc1cc(Cl)ccc1O[C@H]1c2ccccc2CC[C@@H]1C1CCCC[C@H](N)C1. The molecule has 0 saturated heterocycles. The molecule has 4 atom stereocenters. The van der Waals surface area contributed by atoms with Crippen LogP contribution in [0.5, 0.6) is 5.75 Å². The number of ether oxygens (including phenoxy) is 1. The molecule has 3 nitrogen and oxygen atoms in total. The van der Waals surface area contributed by atoms with Gasteiger partial charge in [-0.2, -0.15) is 5.26 Å². The Kier molecular flexibility index (Phi) is 5.90. The molecule has 2 aromatic rings. The third-order valence-corrected chi connectivity index (χ3v) is 6.66. The molecular formula is C24H27ClN2O. The van der Waals surface area contributed by atoms with Crippen molar-refractivity contribution in [3.63, 3.8) is 0 Å². The van der Waals surface area contributed by atoms with Gasteiger partial charge < -0.3 is 10.5 Å². The lowest BCUT2D eigenvalue weighted by Crippen LogP contribution is -2.33. The van der Waals surface area contributed by atoms with E-state index < -0.39 is 0 Å². The fraction of sp³-hybridized carbons (Fsp3) is 0.458. The van der Waals surface area contributed by atoms with E-state index in [0.717, 1.165) is 25.7 Å². The van der Waals surface area contributed by atoms with Crippen LogP contribution in [-0.4, -0.2) is 6.04 Å². The zero-order valence-electron chi connectivity index (χ0n) is 16.1. The molecule has 1 unspecified atom stereocenters. The zero-order valence-corrected chi connectivity index (χ0v) is 16.9. The van der Waals surface area contributed by atoms with Crippen LogP contribution in [0.15, 0.2) is 42.5 Å². The van der Waals surface area contributed by atoms with Gasteiger partial charge in [0, 0.05) is 17.0 Å². The monoisotopic (exact) mass is 394 g/mol. The van der Waals surface area contributed by atoms with Crippen molar-refractivity contribution in [2.45, 2.75) is 57.1 Å². The molecule has 4 rings (SSSR count). The minimum atomic E-state index is -0.0477. The third-order valence-electron chi connectivity index (χ3n) is 6.42. The molecule has 0 amide bonds. The van der Waals surface area contributed by atoms with Gasteiger partial charge in [0.25, 0.3) is 0 Å². The highest BCUT2D eigenvalue weighted by molar-refractivity contribution is 6.30. The summed E-state index contributed by atoms with van der Waals surface area (Å²) in [7, 11) is 0. The summed E-state index contributed by atoms with van der Waals surface area (Å²) in [6, 6.07) is 16.4. The van der Waals surface area contributed by atoms with Crippen LogP contribution in [0.2, 0.25) is 5.02 Å². The first kappa shape index (κ1) is 19.3. The van der Waals surface area contributed by atoms with Crippen molar-refractivity contribution < 1.29 is 4.74 Å². The van der Waals surface area contributed by atoms with Crippen LogP contribution in [0.25, 0.3) is 0 Å². The molecule has 2 aromatic carbocycles. The second kappa shape index (κ2) is 8.55. The lowest BCUT2D eigenvalue weighted by Gasteiger charge is -2.39. The number of nitrogens with two attached hydrogens (primary N) is 1. The third kappa shape index (κ3) is 4.04. The summed E-state index contributed by atoms with van der Waals surface area (Å²) in [4.78, 5) is 0. The number of hydrogen-bond donors (Lipinski definition) is 1. The Balaban J connectivity index is 1.69. The lowest BCUT2D eigenvalue weighted by molar-refractivity contribution is 0.0706. The van der Waals surface area contributed by atoms with E-state index in [1.165, 1.54) is 30.4 Å². The predicted octanol–water partition coefficient (Wildman–Crippen LogP) is 5.80. The second-order valence-electron chi connectivity index (χ2n) is 8.23. The van der Waals surface area contributed by atoms with Crippen molar-refractivity contribution in [2.75, 3.05) is 0 Å². The number of nitrogens with zero attached hydrogens (tertiary/aromatic N) is 1. The van der Waals surface area contributed by atoms with Crippen molar-refractivity contribution in [3.8, 4) is 11.8 Å². The second-order valence-corrected chi connectivity index (χ2v) is 8.67. The maximum absolute atomic E-state index is 9.55. The van der Waals surface area contributed by atoms with Gasteiger partial charge in [0.15, 0.2) is 0 Å². The van der Waals surface area contributed by atoms with E-state index in [9.17, 15) is 5.26 Å². The molecule has 2 aliphatic carbocycles. The number of hydrogen-bond acceptors (Lipinski definition) is 3. The molecule has 0 radical (unpaired) electrons. The summed E-state index contributed by atoms with van der Waals surface area (Å²) in [6.45, 7) is 0. The summed E-state index contributed by atoms with van der Waals surface area (Å²) in [5.74, 6) is 1.60. The van der Waals surface area contributed by atoms with Crippen LogP contribution in [-0.2, 0) is 6.42 Å². The molecule has 1 saturated carbocycles.